The van der Waals surface area contributed by atoms with Gasteiger partial charge >= 0.3 is 0 Å². The van der Waals surface area contributed by atoms with E-state index in [4.69, 9.17) is 17.3 Å². The molecule has 0 aliphatic rings. The summed E-state index contributed by atoms with van der Waals surface area (Å²) >= 11 is 6.08. The quantitative estimate of drug-likeness (QED) is 0.677. The van der Waals surface area contributed by atoms with Crippen molar-refractivity contribution in [2.24, 2.45) is 5.92 Å². The van der Waals surface area contributed by atoms with Crippen LogP contribution in [-0.2, 0) is 0 Å². The van der Waals surface area contributed by atoms with Gasteiger partial charge in [0.2, 0.25) is 5.95 Å². The summed E-state index contributed by atoms with van der Waals surface area (Å²) in [6, 6.07) is 1.21. The molecule has 1 amide bonds. The number of hydrogen-bond donors (Lipinski definition) is 3. The van der Waals surface area contributed by atoms with Crippen molar-refractivity contribution < 1.29 is 9.18 Å². The molecule has 0 fully saturated rings. The maximum atomic E-state index is 13.0. The van der Waals surface area contributed by atoms with Crippen LogP contribution in [0.4, 0.5) is 21.7 Å². The van der Waals surface area contributed by atoms with Gasteiger partial charge in [0.25, 0.3) is 5.91 Å². The Morgan fingerprint density at radius 3 is 2.76 bits per heavy atom. The molecule has 0 saturated heterocycles. The van der Waals surface area contributed by atoms with E-state index in [-0.39, 0.29) is 16.7 Å². The lowest BCUT2D eigenvalue weighted by Gasteiger charge is -2.12. The van der Waals surface area contributed by atoms with Gasteiger partial charge in [-0.3, -0.25) is 4.79 Å². The zero-order valence-electron chi connectivity index (χ0n) is 14.2. The summed E-state index contributed by atoms with van der Waals surface area (Å²) in [6.45, 7) is 6.51. The molecular weight excluding hydrogens is 347 g/mol. The van der Waals surface area contributed by atoms with E-state index in [0.29, 0.717) is 29.5 Å². The molecule has 2 aromatic heterocycles. The number of anilines is 3. The lowest BCUT2D eigenvalue weighted by atomic mass is 10.1. The summed E-state index contributed by atoms with van der Waals surface area (Å²) in [6.07, 6.45) is 2.15. The number of aryl methyl sites for hydroxylation is 1. The fraction of sp³-hybridized carbons (Fsp3) is 0.375. The molecule has 9 heteroatoms. The third kappa shape index (κ3) is 4.99. The Bertz CT molecular complexity index is 783. The Balaban J connectivity index is 2.15. The van der Waals surface area contributed by atoms with E-state index in [1.165, 1.54) is 12.3 Å². The minimum absolute atomic E-state index is 0.0528. The molecule has 0 aromatic carbocycles. The van der Waals surface area contributed by atoms with Crippen LogP contribution in [-0.4, -0.2) is 27.4 Å². The summed E-state index contributed by atoms with van der Waals surface area (Å²) in [5.41, 5.74) is 6.59. The van der Waals surface area contributed by atoms with Gasteiger partial charge in [-0.2, -0.15) is 4.39 Å². The van der Waals surface area contributed by atoms with Crippen molar-refractivity contribution in [1.29, 1.82) is 0 Å². The second-order valence-electron chi connectivity index (χ2n) is 5.98. The first-order valence-electron chi connectivity index (χ1n) is 7.78. The third-order valence-corrected chi connectivity index (χ3v) is 3.70. The van der Waals surface area contributed by atoms with E-state index in [1.807, 2.05) is 0 Å². The highest BCUT2D eigenvalue weighted by atomic mass is 35.5. The Morgan fingerprint density at radius 1 is 1.40 bits per heavy atom. The second-order valence-corrected chi connectivity index (χ2v) is 6.34. The normalized spacial score (nSPS) is 10.8. The van der Waals surface area contributed by atoms with Crippen LogP contribution in [0.25, 0.3) is 0 Å². The number of nitrogens with zero attached hydrogens (tertiary/aromatic N) is 3. The molecule has 25 heavy (non-hydrogen) atoms. The van der Waals surface area contributed by atoms with Crippen LogP contribution in [0.3, 0.4) is 0 Å². The van der Waals surface area contributed by atoms with Gasteiger partial charge in [-0.05, 0) is 30.9 Å². The first-order chi connectivity index (χ1) is 11.8. The van der Waals surface area contributed by atoms with Gasteiger partial charge in [-0.15, -0.1) is 0 Å². The molecule has 0 aliphatic carbocycles. The largest absolute Gasteiger partial charge is 0.382 e. The molecule has 2 rings (SSSR count). The number of carbonyl (C=O) groups excluding carboxylic acids is 1. The number of aromatic nitrogens is 3. The van der Waals surface area contributed by atoms with Crippen LogP contribution in [0.1, 0.15) is 36.3 Å². The zero-order chi connectivity index (χ0) is 18.6. The topological polar surface area (TPSA) is 106 Å². The van der Waals surface area contributed by atoms with Crippen LogP contribution < -0.4 is 16.4 Å². The standard InChI is InChI=1S/C16H20ClFN6O/c1-8(2)4-5-20-15-13(17)23-12(14(19)24-15)16(25)22-10-7-21-11(18)6-9(10)3/h6-8H,4-5H2,1-3H3,(H,22,25)(H3,19,20,24). The highest BCUT2D eigenvalue weighted by molar-refractivity contribution is 6.32. The van der Waals surface area contributed by atoms with Crippen LogP contribution in [0.5, 0.6) is 0 Å². The van der Waals surface area contributed by atoms with Crippen LogP contribution in [0.2, 0.25) is 5.15 Å². The monoisotopic (exact) mass is 366 g/mol. The van der Waals surface area contributed by atoms with Gasteiger partial charge < -0.3 is 16.4 Å². The molecule has 2 aromatic rings. The van der Waals surface area contributed by atoms with E-state index in [2.05, 4.69) is 39.4 Å². The van der Waals surface area contributed by atoms with Crippen molar-refractivity contribution in [2.45, 2.75) is 27.2 Å². The molecule has 0 radical (unpaired) electrons. The Labute approximate surface area is 150 Å². The van der Waals surface area contributed by atoms with Crippen molar-refractivity contribution in [3.63, 3.8) is 0 Å². The van der Waals surface area contributed by atoms with E-state index in [9.17, 15) is 9.18 Å². The average Bonchev–Trinajstić information content (AvgIpc) is 2.52. The number of amides is 1. The van der Waals surface area contributed by atoms with Gasteiger partial charge in [-0.25, -0.2) is 15.0 Å². The Morgan fingerprint density at radius 2 is 2.12 bits per heavy atom. The average molecular weight is 367 g/mol. The van der Waals surface area contributed by atoms with Gasteiger partial charge in [0, 0.05) is 6.54 Å². The van der Waals surface area contributed by atoms with Crippen molar-refractivity contribution >= 4 is 34.8 Å². The highest BCUT2D eigenvalue weighted by Crippen LogP contribution is 2.22. The van der Waals surface area contributed by atoms with Crippen molar-refractivity contribution in [3.8, 4) is 0 Å². The van der Waals surface area contributed by atoms with Crippen molar-refractivity contribution in [1.82, 2.24) is 15.0 Å². The smallest absolute Gasteiger partial charge is 0.278 e. The summed E-state index contributed by atoms with van der Waals surface area (Å²) in [4.78, 5) is 24.0. The molecule has 7 nitrogen and oxygen atoms in total. The SMILES string of the molecule is Cc1cc(F)ncc1NC(=O)c1nc(Cl)c(NCCC(C)C)nc1N. The van der Waals surface area contributed by atoms with Gasteiger partial charge in [0.15, 0.2) is 22.5 Å². The van der Waals surface area contributed by atoms with E-state index in [1.54, 1.807) is 6.92 Å². The van der Waals surface area contributed by atoms with E-state index >= 15 is 0 Å². The molecular formula is C16H20ClFN6O. The summed E-state index contributed by atoms with van der Waals surface area (Å²) < 4.78 is 13.0. The molecule has 2 heterocycles. The Kier molecular flexibility index (Phi) is 6.08. The lowest BCUT2D eigenvalue weighted by molar-refractivity contribution is 0.102. The molecule has 0 aliphatic heterocycles. The van der Waals surface area contributed by atoms with Gasteiger partial charge in [0.05, 0.1) is 11.9 Å². The fourth-order valence-electron chi connectivity index (χ4n) is 2.02. The number of carbonyl (C=O) groups is 1. The summed E-state index contributed by atoms with van der Waals surface area (Å²) in [5, 5.41) is 5.67. The van der Waals surface area contributed by atoms with Crippen molar-refractivity contribution in [2.75, 3.05) is 22.9 Å². The molecule has 4 N–H and O–H groups in total. The molecule has 0 atom stereocenters. The Hall–Kier alpha value is -2.48. The number of nitrogens with one attached hydrogen (secondary N) is 2. The number of halogens is 2. The first-order valence-corrected chi connectivity index (χ1v) is 8.16. The minimum Gasteiger partial charge on any atom is -0.382 e. The lowest BCUT2D eigenvalue weighted by Crippen LogP contribution is -2.19. The first kappa shape index (κ1) is 18.9. The van der Waals surface area contributed by atoms with E-state index < -0.39 is 11.9 Å². The second kappa shape index (κ2) is 8.06. The maximum Gasteiger partial charge on any atom is 0.278 e. The molecule has 134 valence electrons. The maximum absolute atomic E-state index is 13.0. The number of rotatable bonds is 6. The molecule has 0 spiro atoms. The van der Waals surface area contributed by atoms with Crippen LogP contribution in [0.15, 0.2) is 12.3 Å². The molecule has 0 unspecified atom stereocenters. The van der Waals surface area contributed by atoms with Gasteiger partial charge in [-0.1, -0.05) is 25.4 Å². The highest BCUT2D eigenvalue weighted by Gasteiger charge is 2.18. The van der Waals surface area contributed by atoms with E-state index in [0.717, 1.165) is 6.42 Å². The van der Waals surface area contributed by atoms with Gasteiger partial charge in [0.1, 0.15) is 0 Å². The van der Waals surface area contributed by atoms with Crippen LogP contribution in [0, 0.1) is 18.8 Å². The minimum atomic E-state index is -0.630. The number of hydrogen-bond acceptors (Lipinski definition) is 6. The third-order valence-electron chi connectivity index (χ3n) is 3.44. The number of nitrogens with two attached hydrogens (primary N) is 1. The number of nitrogen functional groups attached to an aromatic ring is 1. The fourth-order valence-corrected chi connectivity index (χ4v) is 2.21. The van der Waals surface area contributed by atoms with Crippen molar-refractivity contribution in [3.05, 3.63) is 34.6 Å². The number of pyridine rings is 1. The molecule has 0 saturated carbocycles. The predicted octanol–water partition coefficient (Wildman–Crippen LogP) is 3.27. The summed E-state index contributed by atoms with van der Waals surface area (Å²) in [5.74, 6) is -0.432. The summed E-state index contributed by atoms with van der Waals surface area (Å²) in [7, 11) is 0. The van der Waals surface area contributed by atoms with Crippen LogP contribution >= 0.6 is 11.6 Å². The molecule has 0 bridgehead atoms. The predicted molar refractivity (Wildman–Crippen MR) is 96.3 cm³/mol. The zero-order valence-corrected chi connectivity index (χ0v) is 15.0.